The van der Waals surface area contributed by atoms with Crippen molar-refractivity contribution in [3.63, 3.8) is 0 Å². The van der Waals surface area contributed by atoms with Crippen LogP contribution in [-0.2, 0) is 0 Å². The highest BCUT2D eigenvalue weighted by molar-refractivity contribution is 8.14. The second-order valence-electron chi connectivity index (χ2n) is 2.79. The highest BCUT2D eigenvalue weighted by Crippen LogP contribution is 2.13. The zero-order valence-corrected chi connectivity index (χ0v) is 8.41. The van der Waals surface area contributed by atoms with Gasteiger partial charge in [-0.15, -0.1) is 0 Å². The number of nitriles is 1. The van der Waals surface area contributed by atoms with Gasteiger partial charge in [0.15, 0.2) is 0 Å². The molecule has 6 heteroatoms. The lowest BCUT2D eigenvalue weighted by atomic mass is 10.1. The Hall–Kier alpha value is -1.87. The topological polar surface area (TPSA) is 78.1 Å². The molecule has 0 aliphatic carbocycles. The van der Waals surface area contributed by atoms with E-state index < -0.39 is 0 Å². The fraction of sp³-hybridized carbons (Fsp3) is 0.111. The van der Waals surface area contributed by atoms with Gasteiger partial charge < -0.3 is 0 Å². The Bertz CT molecular complexity index is 477. The van der Waals surface area contributed by atoms with E-state index in [1.165, 1.54) is 0 Å². The van der Waals surface area contributed by atoms with Gasteiger partial charge in [-0.05, 0) is 12.1 Å². The molecule has 74 valence electrons. The summed E-state index contributed by atoms with van der Waals surface area (Å²) in [7, 11) is 0. The lowest BCUT2D eigenvalue weighted by Crippen LogP contribution is -2.23. The molecule has 1 aromatic heterocycles. The summed E-state index contributed by atoms with van der Waals surface area (Å²) in [5.74, 6) is 0.515. The summed E-state index contributed by atoms with van der Waals surface area (Å²) in [6.45, 7) is 0. The number of thioether (sulfide) groups is 1. The van der Waals surface area contributed by atoms with Crippen LogP contribution in [0.1, 0.15) is 11.3 Å². The van der Waals surface area contributed by atoms with E-state index in [-0.39, 0.29) is 5.24 Å². The summed E-state index contributed by atoms with van der Waals surface area (Å²) in [6, 6.07) is 5.37. The first-order chi connectivity index (χ1) is 7.29. The maximum Gasteiger partial charge on any atom is 0.299 e. The van der Waals surface area contributed by atoms with E-state index >= 15 is 0 Å². The van der Waals surface area contributed by atoms with E-state index in [9.17, 15) is 4.79 Å². The second kappa shape index (κ2) is 4.11. The molecule has 0 unspecified atom stereocenters. The average molecular weight is 218 g/mol. The number of hydrazone groups is 1. The zero-order valence-electron chi connectivity index (χ0n) is 7.60. The molecule has 0 radical (unpaired) electrons. The summed E-state index contributed by atoms with van der Waals surface area (Å²) in [6.07, 6.45) is 1.55. The van der Waals surface area contributed by atoms with Crippen molar-refractivity contribution in [2.24, 2.45) is 5.10 Å². The van der Waals surface area contributed by atoms with Gasteiger partial charge in [-0.2, -0.15) is 10.4 Å². The van der Waals surface area contributed by atoms with Gasteiger partial charge in [0, 0.05) is 17.5 Å². The molecule has 5 nitrogen and oxygen atoms in total. The summed E-state index contributed by atoms with van der Waals surface area (Å²) >= 11 is 1.15. The van der Waals surface area contributed by atoms with Gasteiger partial charge in [0.1, 0.15) is 11.8 Å². The van der Waals surface area contributed by atoms with Crippen molar-refractivity contribution in [1.29, 1.82) is 5.26 Å². The van der Waals surface area contributed by atoms with Crippen molar-refractivity contribution in [3.8, 4) is 6.07 Å². The van der Waals surface area contributed by atoms with Crippen molar-refractivity contribution in [3.05, 3.63) is 29.6 Å². The Kier molecular flexibility index (Phi) is 2.65. The number of carbonyl (C=O) groups is 1. The summed E-state index contributed by atoms with van der Waals surface area (Å²) in [4.78, 5) is 14.7. The van der Waals surface area contributed by atoms with Crippen molar-refractivity contribution >= 4 is 22.7 Å². The molecule has 1 amide bonds. The average Bonchev–Trinajstić information content (AvgIpc) is 2.30. The Balaban J connectivity index is 2.30. The predicted molar refractivity (Wildman–Crippen MR) is 56.5 cm³/mol. The summed E-state index contributed by atoms with van der Waals surface area (Å²) < 4.78 is 0. The SMILES string of the molecule is N#Cc1cc(C2=NNC(=O)SC2)ccn1. The molecule has 2 rings (SSSR count). The number of nitrogens with zero attached hydrogens (tertiary/aromatic N) is 3. The minimum atomic E-state index is -0.159. The summed E-state index contributed by atoms with van der Waals surface area (Å²) in [5, 5.41) is 12.4. The van der Waals surface area contributed by atoms with Crippen molar-refractivity contribution in [1.82, 2.24) is 10.4 Å². The van der Waals surface area contributed by atoms with Crippen LogP contribution in [0.2, 0.25) is 0 Å². The molecule has 0 atom stereocenters. The number of rotatable bonds is 1. The van der Waals surface area contributed by atoms with Crippen LogP contribution < -0.4 is 5.43 Å². The number of carbonyl (C=O) groups excluding carboxylic acids is 1. The number of hydrogen-bond acceptors (Lipinski definition) is 5. The molecule has 1 aliphatic rings. The second-order valence-corrected chi connectivity index (χ2v) is 3.74. The Morgan fingerprint density at radius 3 is 3.13 bits per heavy atom. The molecule has 2 heterocycles. The lowest BCUT2D eigenvalue weighted by molar-refractivity contribution is 0.261. The van der Waals surface area contributed by atoms with E-state index in [1.54, 1.807) is 18.3 Å². The van der Waals surface area contributed by atoms with Gasteiger partial charge >= 0.3 is 0 Å². The van der Waals surface area contributed by atoms with E-state index in [0.29, 0.717) is 11.4 Å². The number of aromatic nitrogens is 1. The largest absolute Gasteiger partial charge is 0.299 e. The minimum absolute atomic E-state index is 0.159. The zero-order chi connectivity index (χ0) is 10.7. The van der Waals surface area contributed by atoms with Crippen LogP contribution in [0.25, 0.3) is 0 Å². The number of amides is 1. The molecule has 0 spiro atoms. The monoisotopic (exact) mass is 218 g/mol. The maximum absolute atomic E-state index is 10.8. The highest BCUT2D eigenvalue weighted by atomic mass is 32.2. The van der Waals surface area contributed by atoms with Gasteiger partial charge in [0.25, 0.3) is 5.24 Å². The fourth-order valence-electron chi connectivity index (χ4n) is 1.13. The molecule has 0 bridgehead atoms. The van der Waals surface area contributed by atoms with Crippen LogP contribution in [0.15, 0.2) is 23.4 Å². The molecule has 1 aliphatic heterocycles. The fourth-order valence-corrected chi connectivity index (χ4v) is 1.74. The van der Waals surface area contributed by atoms with Gasteiger partial charge in [-0.3, -0.25) is 4.79 Å². The molecule has 1 N–H and O–H groups in total. The maximum atomic E-state index is 10.8. The smallest absolute Gasteiger partial charge is 0.260 e. The van der Waals surface area contributed by atoms with Crippen LogP contribution in [0, 0.1) is 11.3 Å². The predicted octanol–water partition coefficient (Wildman–Crippen LogP) is 1.11. The van der Waals surface area contributed by atoms with E-state index in [4.69, 9.17) is 5.26 Å². The number of pyridine rings is 1. The van der Waals surface area contributed by atoms with Gasteiger partial charge in [-0.1, -0.05) is 11.8 Å². The highest BCUT2D eigenvalue weighted by Gasteiger charge is 2.14. The minimum Gasteiger partial charge on any atom is -0.260 e. The third-order valence-corrected chi connectivity index (χ3v) is 2.60. The van der Waals surface area contributed by atoms with E-state index in [0.717, 1.165) is 23.0 Å². The van der Waals surface area contributed by atoms with Crippen molar-refractivity contribution < 1.29 is 4.79 Å². The van der Waals surface area contributed by atoms with Gasteiger partial charge in [0.05, 0.1) is 5.71 Å². The molecule has 0 saturated heterocycles. The first kappa shape index (κ1) is 9.68. The van der Waals surface area contributed by atoms with E-state index in [2.05, 4.69) is 15.5 Å². The van der Waals surface area contributed by atoms with Crippen LogP contribution in [-0.4, -0.2) is 21.7 Å². The van der Waals surface area contributed by atoms with Gasteiger partial charge in [0.2, 0.25) is 0 Å². The summed E-state index contributed by atoms with van der Waals surface area (Å²) in [5.41, 5.74) is 4.28. The quantitative estimate of drug-likeness (QED) is 0.766. The molecule has 1 aromatic rings. The Morgan fingerprint density at radius 2 is 2.47 bits per heavy atom. The number of nitrogens with one attached hydrogen (secondary N) is 1. The first-order valence-corrected chi connectivity index (χ1v) is 5.14. The van der Waals surface area contributed by atoms with Crippen molar-refractivity contribution in [2.75, 3.05) is 5.75 Å². The third kappa shape index (κ3) is 2.14. The normalized spacial score (nSPS) is 15.1. The molecule has 0 saturated carbocycles. The van der Waals surface area contributed by atoms with Crippen molar-refractivity contribution in [2.45, 2.75) is 0 Å². The molecular formula is C9H6N4OS. The Morgan fingerprint density at radius 1 is 1.60 bits per heavy atom. The molecule has 0 aromatic carbocycles. The van der Waals surface area contributed by atoms with E-state index in [1.807, 2.05) is 6.07 Å². The van der Waals surface area contributed by atoms with Crippen LogP contribution in [0.4, 0.5) is 4.79 Å². The molecule has 15 heavy (non-hydrogen) atoms. The van der Waals surface area contributed by atoms with Crippen LogP contribution in [0.3, 0.4) is 0 Å². The Labute approximate surface area is 90.2 Å². The van der Waals surface area contributed by atoms with Gasteiger partial charge in [-0.25, -0.2) is 10.4 Å². The molecule has 0 fully saturated rings. The van der Waals surface area contributed by atoms with Crippen LogP contribution >= 0.6 is 11.8 Å². The van der Waals surface area contributed by atoms with Crippen LogP contribution in [0.5, 0.6) is 0 Å². The lowest BCUT2D eigenvalue weighted by Gasteiger charge is -2.10. The number of hydrogen-bond donors (Lipinski definition) is 1. The molecular weight excluding hydrogens is 212 g/mol. The third-order valence-electron chi connectivity index (χ3n) is 1.83. The standard InChI is InChI=1S/C9H6N4OS/c10-4-7-3-6(1-2-11-7)8-5-15-9(14)13-12-8/h1-3H,5H2,(H,13,14). The first-order valence-electron chi connectivity index (χ1n) is 4.15.